The molecule has 0 atom stereocenters. The number of nitro groups is 1. The molecule has 1 amide bonds. The predicted octanol–water partition coefficient (Wildman–Crippen LogP) is 4.02. The molecule has 0 aliphatic rings. The average molecular weight is 362 g/mol. The first kappa shape index (κ1) is 18.9. The second-order valence-corrected chi connectivity index (χ2v) is 6.17. The van der Waals surface area contributed by atoms with Gasteiger partial charge in [0, 0.05) is 29.4 Å². The number of aryl methyl sites for hydroxylation is 1. The maximum atomic E-state index is 12.3. The summed E-state index contributed by atoms with van der Waals surface area (Å²) in [5, 5.41) is 14.1. The predicted molar refractivity (Wildman–Crippen MR) is 98.9 cm³/mol. The zero-order valence-corrected chi connectivity index (χ0v) is 14.9. The van der Waals surface area contributed by atoms with E-state index in [9.17, 15) is 14.9 Å². The van der Waals surface area contributed by atoms with Crippen LogP contribution in [0.2, 0.25) is 5.02 Å². The van der Waals surface area contributed by atoms with Crippen molar-refractivity contribution in [1.82, 2.24) is 4.90 Å². The van der Waals surface area contributed by atoms with Gasteiger partial charge in [0.05, 0.1) is 11.5 Å². The van der Waals surface area contributed by atoms with Crippen LogP contribution in [-0.4, -0.2) is 28.8 Å². The van der Waals surface area contributed by atoms with E-state index in [2.05, 4.69) is 5.32 Å². The van der Waals surface area contributed by atoms with Gasteiger partial charge < -0.3 is 5.32 Å². The van der Waals surface area contributed by atoms with Crippen LogP contribution in [0, 0.1) is 17.0 Å². The molecule has 2 rings (SSSR count). The topological polar surface area (TPSA) is 75.5 Å². The maximum Gasteiger partial charge on any atom is 0.269 e. The maximum absolute atomic E-state index is 12.3. The molecule has 25 heavy (non-hydrogen) atoms. The van der Waals surface area contributed by atoms with Crippen molar-refractivity contribution in [2.75, 3.05) is 18.4 Å². The number of anilines is 1. The number of rotatable bonds is 7. The molecular formula is C18H20ClN3O3. The van der Waals surface area contributed by atoms with Gasteiger partial charge in [-0.3, -0.25) is 19.8 Å². The summed E-state index contributed by atoms with van der Waals surface area (Å²) in [6.07, 6.45) is 0. The van der Waals surface area contributed by atoms with Crippen molar-refractivity contribution in [1.29, 1.82) is 0 Å². The molecular weight excluding hydrogens is 342 g/mol. The number of amides is 1. The van der Waals surface area contributed by atoms with E-state index < -0.39 is 4.92 Å². The highest BCUT2D eigenvalue weighted by Crippen LogP contribution is 2.20. The van der Waals surface area contributed by atoms with Gasteiger partial charge in [-0.2, -0.15) is 0 Å². The summed E-state index contributed by atoms with van der Waals surface area (Å²) in [5.41, 5.74) is 2.61. The summed E-state index contributed by atoms with van der Waals surface area (Å²) >= 11 is 5.97. The second kappa shape index (κ2) is 8.60. The van der Waals surface area contributed by atoms with Gasteiger partial charge in [-0.05, 0) is 36.7 Å². The number of hydrogen-bond acceptors (Lipinski definition) is 4. The van der Waals surface area contributed by atoms with E-state index in [1.807, 2.05) is 24.8 Å². The SMILES string of the molecule is CCN(CC(=O)Nc1cc(Cl)ccc1C)Cc1ccc([N+](=O)[O-])cc1. The third kappa shape index (κ3) is 5.55. The Morgan fingerprint density at radius 2 is 1.92 bits per heavy atom. The minimum absolute atomic E-state index is 0.0565. The van der Waals surface area contributed by atoms with Crippen molar-refractivity contribution in [2.45, 2.75) is 20.4 Å². The van der Waals surface area contributed by atoms with Crippen LogP contribution in [0.15, 0.2) is 42.5 Å². The molecule has 1 N–H and O–H groups in total. The number of carbonyl (C=O) groups excluding carboxylic acids is 1. The molecule has 0 heterocycles. The number of hydrogen-bond donors (Lipinski definition) is 1. The van der Waals surface area contributed by atoms with E-state index >= 15 is 0 Å². The zero-order chi connectivity index (χ0) is 18.4. The summed E-state index contributed by atoms with van der Waals surface area (Å²) in [6, 6.07) is 11.7. The van der Waals surface area contributed by atoms with Gasteiger partial charge in [-0.25, -0.2) is 0 Å². The van der Waals surface area contributed by atoms with Gasteiger partial charge in [-0.15, -0.1) is 0 Å². The molecule has 0 radical (unpaired) electrons. The second-order valence-electron chi connectivity index (χ2n) is 5.73. The first-order valence-electron chi connectivity index (χ1n) is 7.90. The minimum Gasteiger partial charge on any atom is -0.325 e. The summed E-state index contributed by atoms with van der Waals surface area (Å²) in [7, 11) is 0. The number of nitrogens with one attached hydrogen (secondary N) is 1. The lowest BCUT2D eigenvalue weighted by Gasteiger charge is -2.20. The van der Waals surface area contributed by atoms with Crippen LogP contribution in [-0.2, 0) is 11.3 Å². The number of carbonyl (C=O) groups is 1. The van der Waals surface area contributed by atoms with Crippen molar-refractivity contribution in [2.24, 2.45) is 0 Å². The van der Waals surface area contributed by atoms with Crippen LogP contribution in [0.1, 0.15) is 18.1 Å². The molecule has 132 valence electrons. The van der Waals surface area contributed by atoms with Crippen molar-refractivity contribution in [3.63, 3.8) is 0 Å². The molecule has 0 unspecified atom stereocenters. The molecule has 0 saturated heterocycles. The van der Waals surface area contributed by atoms with Crippen LogP contribution < -0.4 is 5.32 Å². The smallest absolute Gasteiger partial charge is 0.269 e. The number of nitrogens with zero attached hydrogens (tertiary/aromatic N) is 2. The van der Waals surface area contributed by atoms with Gasteiger partial charge in [0.25, 0.3) is 5.69 Å². The largest absolute Gasteiger partial charge is 0.325 e. The van der Waals surface area contributed by atoms with Gasteiger partial charge in [-0.1, -0.05) is 36.7 Å². The van der Waals surface area contributed by atoms with Crippen LogP contribution >= 0.6 is 11.6 Å². The lowest BCUT2D eigenvalue weighted by Crippen LogP contribution is -2.32. The van der Waals surface area contributed by atoms with Crippen molar-refractivity contribution in [3.05, 3.63) is 68.7 Å². The summed E-state index contributed by atoms with van der Waals surface area (Å²) in [4.78, 5) is 24.5. The highest BCUT2D eigenvalue weighted by atomic mass is 35.5. The first-order valence-corrected chi connectivity index (χ1v) is 8.28. The summed E-state index contributed by atoms with van der Waals surface area (Å²) in [6.45, 7) is 5.30. The minimum atomic E-state index is -0.428. The fourth-order valence-corrected chi connectivity index (χ4v) is 2.55. The van der Waals surface area contributed by atoms with Crippen molar-refractivity contribution >= 4 is 28.9 Å². The monoisotopic (exact) mass is 361 g/mol. The third-order valence-corrected chi connectivity index (χ3v) is 4.08. The summed E-state index contributed by atoms with van der Waals surface area (Å²) < 4.78 is 0. The Labute approximate surface area is 151 Å². The molecule has 0 spiro atoms. The Bertz CT molecular complexity index is 763. The quantitative estimate of drug-likeness (QED) is 0.597. The molecule has 6 nitrogen and oxygen atoms in total. The van der Waals surface area contributed by atoms with Crippen LogP contribution in [0.3, 0.4) is 0 Å². The van der Waals surface area contributed by atoms with E-state index in [0.717, 1.165) is 11.1 Å². The summed E-state index contributed by atoms with van der Waals surface area (Å²) in [5.74, 6) is -0.130. The van der Waals surface area contributed by atoms with Gasteiger partial charge in [0.2, 0.25) is 5.91 Å². The number of non-ortho nitro benzene ring substituents is 1. The number of halogens is 1. The number of likely N-dealkylation sites (N-methyl/N-ethyl adjacent to an activating group) is 1. The fraction of sp³-hybridized carbons (Fsp3) is 0.278. The molecule has 0 fully saturated rings. The number of nitro benzene ring substituents is 1. The van der Waals surface area contributed by atoms with Crippen molar-refractivity contribution < 1.29 is 9.72 Å². The van der Waals surface area contributed by atoms with E-state index in [-0.39, 0.29) is 18.1 Å². The molecule has 0 saturated carbocycles. The van der Waals surface area contributed by atoms with Gasteiger partial charge >= 0.3 is 0 Å². The van der Waals surface area contributed by atoms with Crippen LogP contribution in [0.25, 0.3) is 0 Å². The highest BCUT2D eigenvalue weighted by Gasteiger charge is 2.12. The molecule has 2 aromatic rings. The van der Waals surface area contributed by atoms with Crippen molar-refractivity contribution in [3.8, 4) is 0 Å². The fourth-order valence-electron chi connectivity index (χ4n) is 2.38. The van der Waals surface area contributed by atoms with Gasteiger partial charge in [0.15, 0.2) is 0 Å². The molecule has 0 aliphatic carbocycles. The molecule has 0 aromatic heterocycles. The molecule has 0 bridgehead atoms. The number of benzene rings is 2. The Morgan fingerprint density at radius 1 is 1.24 bits per heavy atom. The van der Waals surface area contributed by atoms with E-state index in [0.29, 0.717) is 23.8 Å². The normalized spacial score (nSPS) is 10.7. The zero-order valence-electron chi connectivity index (χ0n) is 14.2. The van der Waals surface area contributed by atoms with E-state index in [1.54, 1.807) is 24.3 Å². The first-order chi connectivity index (χ1) is 11.9. The molecule has 7 heteroatoms. The standard InChI is InChI=1S/C18H20ClN3O3/c1-3-21(11-14-5-8-16(9-6-14)22(24)25)12-18(23)20-17-10-15(19)7-4-13(17)2/h4-10H,3,11-12H2,1-2H3,(H,20,23). The van der Waals surface area contributed by atoms with E-state index in [4.69, 9.17) is 11.6 Å². The molecule has 2 aromatic carbocycles. The van der Waals surface area contributed by atoms with Crippen LogP contribution in [0.5, 0.6) is 0 Å². The van der Waals surface area contributed by atoms with Gasteiger partial charge in [0.1, 0.15) is 0 Å². The average Bonchev–Trinajstić information content (AvgIpc) is 2.58. The third-order valence-electron chi connectivity index (χ3n) is 3.84. The van der Waals surface area contributed by atoms with Crippen LogP contribution in [0.4, 0.5) is 11.4 Å². The lowest BCUT2D eigenvalue weighted by molar-refractivity contribution is -0.384. The molecule has 0 aliphatic heterocycles. The lowest BCUT2D eigenvalue weighted by atomic mass is 10.2. The van der Waals surface area contributed by atoms with E-state index in [1.165, 1.54) is 12.1 Å². The Balaban J connectivity index is 1.97. The highest BCUT2D eigenvalue weighted by molar-refractivity contribution is 6.31. The Morgan fingerprint density at radius 3 is 2.52 bits per heavy atom. The Kier molecular flexibility index (Phi) is 6.50. The Hall–Kier alpha value is -2.44.